The fourth-order valence-corrected chi connectivity index (χ4v) is 5.57. The van der Waals surface area contributed by atoms with Gasteiger partial charge < -0.3 is 4.40 Å². The van der Waals surface area contributed by atoms with E-state index in [1.54, 1.807) is 0 Å². The number of hydrogen-bond donors (Lipinski definition) is 0. The Hall–Kier alpha value is -3.84. The topological polar surface area (TPSA) is 4.41 Å². The highest BCUT2D eigenvalue weighted by Gasteiger charge is 2.19. The Morgan fingerprint density at radius 1 is 0.516 bits per heavy atom. The van der Waals surface area contributed by atoms with Gasteiger partial charge in [0.1, 0.15) is 0 Å². The molecule has 2 heterocycles. The van der Waals surface area contributed by atoms with E-state index in [9.17, 15) is 0 Å². The molecule has 31 heavy (non-hydrogen) atoms. The smallest absolute Gasteiger partial charge is 0.0626 e. The number of fused-ring (bicyclic) bond motifs is 8. The van der Waals surface area contributed by atoms with Crippen LogP contribution in [0.5, 0.6) is 0 Å². The lowest BCUT2D eigenvalue weighted by Gasteiger charge is -2.07. The SMILES string of the molecule is Cc1cc(C)cc(-c2ccc3c(c2)c2c4ccccc4cc4c5ccccc5n3c42)c1. The Morgan fingerprint density at radius 2 is 1.23 bits per heavy atom. The summed E-state index contributed by atoms with van der Waals surface area (Å²) in [7, 11) is 0. The van der Waals surface area contributed by atoms with Crippen LogP contribution in [-0.2, 0) is 0 Å². The van der Waals surface area contributed by atoms with E-state index in [-0.39, 0.29) is 0 Å². The zero-order valence-corrected chi connectivity index (χ0v) is 17.6. The van der Waals surface area contributed by atoms with E-state index in [2.05, 4.69) is 109 Å². The van der Waals surface area contributed by atoms with Gasteiger partial charge in [-0.2, -0.15) is 0 Å². The molecule has 0 aliphatic rings. The summed E-state index contributed by atoms with van der Waals surface area (Å²) in [6.07, 6.45) is 0. The lowest BCUT2D eigenvalue weighted by Crippen LogP contribution is -1.84. The van der Waals surface area contributed by atoms with E-state index in [1.165, 1.54) is 71.1 Å². The van der Waals surface area contributed by atoms with Crippen molar-refractivity contribution in [3.63, 3.8) is 0 Å². The summed E-state index contributed by atoms with van der Waals surface area (Å²) < 4.78 is 2.47. The van der Waals surface area contributed by atoms with Gasteiger partial charge >= 0.3 is 0 Å². The third kappa shape index (κ3) is 2.21. The van der Waals surface area contributed by atoms with E-state index >= 15 is 0 Å². The van der Waals surface area contributed by atoms with Crippen molar-refractivity contribution in [1.82, 2.24) is 4.40 Å². The molecule has 0 saturated carbocycles. The van der Waals surface area contributed by atoms with Crippen molar-refractivity contribution in [2.75, 3.05) is 0 Å². The first kappa shape index (κ1) is 16.9. The standard InChI is InChI=1S/C30H21N/c1-18-13-19(2)15-22(14-18)20-11-12-28-26(16-20)29-23-8-4-3-7-21(23)17-25-24-9-5-6-10-27(24)31(28)30(25)29/h3-17H,1-2H3. The van der Waals surface area contributed by atoms with Gasteiger partial charge in [-0.1, -0.05) is 77.9 Å². The van der Waals surface area contributed by atoms with Crippen LogP contribution in [0.2, 0.25) is 0 Å². The predicted octanol–water partition coefficient (Wildman–Crippen LogP) is 8.27. The molecule has 0 aliphatic heterocycles. The van der Waals surface area contributed by atoms with Crippen molar-refractivity contribution in [2.45, 2.75) is 13.8 Å². The molecule has 0 unspecified atom stereocenters. The van der Waals surface area contributed by atoms with E-state index in [0.717, 1.165) is 0 Å². The van der Waals surface area contributed by atoms with Crippen LogP contribution in [0, 0.1) is 13.8 Å². The molecule has 0 amide bonds. The summed E-state index contributed by atoms with van der Waals surface area (Å²) in [5, 5.41) is 8.00. The lowest BCUT2D eigenvalue weighted by molar-refractivity contribution is 1.37. The molecule has 146 valence electrons. The Balaban J connectivity index is 1.72. The minimum atomic E-state index is 1.28. The first-order chi connectivity index (χ1) is 15.2. The molecule has 0 atom stereocenters. The van der Waals surface area contributed by atoms with Crippen LogP contribution in [0.3, 0.4) is 0 Å². The normalized spacial score (nSPS) is 12.2. The number of aryl methyl sites for hydroxylation is 2. The number of hydrogen-bond acceptors (Lipinski definition) is 0. The second-order valence-electron chi connectivity index (χ2n) is 8.83. The second kappa shape index (κ2) is 5.86. The quantitative estimate of drug-likeness (QED) is 0.263. The van der Waals surface area contributed by atoms with Crippen LogP contribution in [-0.4, -0.2) is 4.40 Å². The van der Waals surface area contributed by atoms with Crippen molar-refractivity contribution < 1.29 is 0 Å². The molecule has 1 heteroatoms. The Labute approximate surface area is 180 Å². The molecular weight excluding hydrogens is 374 g/mol. The highest BCUT2D eigenvalue weighted by atomic mass is 14.9. The maximum Gasteiger partial charge on any atom is 0.0626 e. The van der Waals surface area contributed by atoms with Gasteiger partial charge in [0.15, 0.2) is 0 Å². The number of benzene rings is 5. The summed E-state index contributed by atoms with van der Waals surface area (Å²) >= 11 is 0. The van der Waals surface area contributed by atoms with E-state index in [0.29, 0.717) is 0 Å². The molecule has 0 spiro atoms. The number of rotatable bonds is 1. The van der Waals surface area contributed by atoms with Crippen LogP contribution in [0.1, 0.15) is 11.1 Å². The van der Waals surface area contributed by atoms with E-state index in [4.69, 9.17) is 0 Å². The van der Waals surface area contributed by atoms with Crippen LogP contribution < -0.4 is 0 Å². The zero-order chi connectivity index (χ0) is 20.7. The fraction of sp³-hybridized carbons (Fsp3) is 0.0667. The summed E-state index contributed by atoms with van der Waals surface area (Å²) in [6, 6.07) is 33.8. The van der Waals surface area contributed by atoms with Crippen LogP contribution in [0.25, 0.3) is 60.0 Å². The molecule has 0 radical (unpaired) electrons. The first-order valence-corrected chi connectivity index (χ1v) is 10.9. The molecule has 0 bridgehead atoms. The van der Waals surface area contributed by atoms with Gasteiger partial charge in [0.2, 0.25) is 0 Å². The number of nitrogens with zero attached hydrogens (tertiary/aromatic N) is 1. The monoisotopic (exact) mass is 395 g/mol. The Bertz CT molecular complexity index is 1780. The third-order valence-electron chi connectivity index (χ3n) is 6.74. The van der Waals surface area contributed by atoms with Gasteiger partial charge in [-0.05, 0) is 60.0 Å². The van der Waals surface area contributed by atoms with Gasteiger partial charge in [0.25, 0.3) is 0 Å². The minimum absolute atomic E-state index is 1.28. The van der Waals surface area contributed by atoms with Gasteiger partial charge in [0.05, 0.1) is 16.6 Å². The molecule has 5 aromatic carbocycles. The predicted molar refractivity (Wildman–Crippen MR) is 134 cm³/mol. The maximum atomic E-state index is 2.47. The first-order valence-electron chi connectivity index (χ1n) is 10.9. The zero-order valence-electron chi connectivity index (χ0n) is 17.6. The number of para-hydroxylation sites is 1. The van der Waals surface area contributed by atoms with Crippen molar-refractivity contribution in [3.8, 4) is 11.1 Å². The molecule has 2 aromatic heterocycles. The maximum absolute atomic E-state index is 2.47. The van der Waals surface area contributed by atoms with Gasteiger partial charge in [0, 0.05) is 21.5 Å². The molecule has 0 aliphatic carbocycles. The lowest BCUT2D eigenvalue weighted by atomic mass is 9.97. The van der Waals surface area contributed by atoms with Crippen molar-refractivity contribution >= 4 is 48.9 Å². The Kier molecular flexibility index (Phi) is 3.20. The third-order valence-corrected chi connectivity index (χ3v) is 6.74. The van der Waals surface area contributed by atoms with Crippen molar-refractivity contribution in [1.29, 1.82) is 0 Å². The van der Waals surface area contributed by atoms with Crippen LogP contribution >= 0.6 is 0 Å². The van der Waals surface area contributed by atoms with Gasteiger partial charge in [-0.3, -0.25) is 0 Å². The van der Waals surface area contributed by atoms with Gasteiger partial charge in [-0.15, -0.1) is 0 Å². The second-order valence-corrected chi connectivity index (χ2v) is 8.83. The Morgan fingerprint density at radius 3 is 2.06 bits per heavy atom. The number of aromatic nitrogens is 1. The summed E-state index contributed by atoms with van der Waals surface area (Å²) in [6.45, 7) is 4.35. The van der Waals surface area contributed by atoms with Crippen molar-refractivity contribution in [3.05, 3.63) is 102 Å². The van der Waals surface area contributed by atoms with Crippen LogP contribution in [0.15, 0.2) is 91.0 Å². The van der Waals surface area contributed by atoms with E-state index < -0.39 is 0 Å². The highest BCUT2D eigenvalue weighted by Crippen LogP contribution is 2.43. The molecule has 1 nitrogen and oxygen atoms in total. The van der Waals surface area contributed by atoms with Gasteiger partial charge in [-0.25, -0.2) is 0 Å². The fourth-order valence-electron chi connectivity index (χ4n) is 5.57. The largest absolute Gasteiger partial charge is 0.308 e. The minimum Gasteiger partial charge on any atom is -0.308 e. The average molecular weight is 396 g/mol. The molecular formula is C30H21N. The van der Waals surface area contributed by atoms with Crippen molar-refractivity contribution in [2.24, 2.45) is 0 Å². The van der Waals surface area contributed by atoms with Crippen LogP contribution in [0.4, 0.5) is 0 Å². The molecule has 7 aromatic rings. The molecule has 0 N–H and O–H groups in total. The summed E-state index contributed by atoms with van der Waals surface area (Å²) in [4.78, 5) is 0. The van der Waals surface area contributed by atoms with E-state index in [1.807, 2.05) is 0 Å². The molecule has 0 fully saturated rings. The summed E-state index contributed by atoms with van der Waals surface area (Å²) in [5.41, 5.74) is 9.09. The molecule has 0 saturated heterocycles. The molecule has 7 rings (SSSR count). The highest BCUT2D eigenvalue weighted by molar-refractivity contribution is 6.31. The average Bonchev–Trinajstić information content (AvgIpc) is 3.29. The summed E-state index contributed by atoms with van der Waals surface area (Å²) in [5.74, 6) is 0.